The SMILES string of the molecule is COc1ccc(-n2nc(C(N)=O)c3c2C(=O)N(c2ccc(N4CCCC4=O)c(C)c2)CC3)c(F)c1. The normalized spacial score (nSPS) is 15.5. The molecule has 3 amide bonds. The smallest absolute Gasteiger partial charge is 0.277 e. The van der Waals surface area contributed by atoms with Crippen LogP contribution in [-0.2, 0) is 11.2 Å². The first-order valence-corrected chi connectivity index (χ1v) is 11.3. The number of anilines is 2. The molecule has 2 aliphatic heterocycles. The van der Waals surface area contributed by atoms with Gasteiger partial charge in [-0.25, -0.2) is 9.07 Å². The Bertz CT molecular complexity index is 1380. The Morgan fingerprint density at radius 1 is 1.06 bits per heavy atom. The van der Waals surface area contributed by atoms with Crippen LogP contribution in [0.15, 0.2) is 36.4 Å². The average Bonchev–Trinajstić information content (AvgIpc) is 3.43. The Labute approximate surface area is 200 Å². The highest BCUT2D eigenvalue weighted by Gasteiger charge is 2.35. The van der Waals surface area contributed by atoms with E-state index in [1.807, 2.05) is 19.1 Å². The topological polar surface area (TPSA) is 111 Å². The number of primary amides is 1. The number of nitrogens with zero attached hydrogens (tertiary/aromatic N) is 4. The minimum Gasteiger partial charge on any atom is -0.497 e. The first kappa shape index (κ1) is 22.6. The summed E-state index contributed by atoms with van der Waals surface area (Å²) in [5.74, 6) is -1.48. The summed E-state index contributed by atoms with van der Waals surface area (Å²) in [4.78, 5) is 41.3. The van der Waals surface area contributed by atoms with Gasteiger partial charge in [-0.15, -0.1) is 0 Å². The molecule has 3 heterocycles. The zero-order valence-electron chi connectivity index (χ0n) is 19.4. The third-order valence-electron chi connectivity index (χ3n) is 6.49. The standard InChI is InChI=1S/C25H24FN5O4/c1-14-12-15(5-7-19(14)30-10-3-4-21(30)32)29-11-9-17-22(24(27)33)28-31(23(17)25(29)34)20-8-6-16(35-2)13-18(20)26/h5-8,12-13H,3-4,9-11H2,1-2H3,(H2,27,33). The van der Waals surface area contributed by atoms with Crippen LogP contribution in [-0.4, -0.2) is 47.7 Å². The predicted octanol–water partition coefficient (Wildman–Crippen LogP) is 2.76. The molecule has 0 saturated carbocycles. The minimum absolute atomic E-state index is 0.00354. The zero-order chi connectivity index (χ0) is 24.9. The van der Waals surface area contributed by atoms with Gasteiger partial charge in [0, 0.05) is 42.5 Å². The van der Waals surface area contributed by atoms with Gasteiger partial charge in [-0.2, -0.15) is 5.10 Å². The maximum Gasteiger partial charge on any atom is 0.277 e. The summed E-state index contributed by atoms with van der Waals surface area (Å²) in [6.07, 6.45) is 1.67. The minimum atomic E-state index is -0.786. The molecule has 10 heteroatoms. The zero-order valence-corrected chi connectivity index (χ0v) is 19.4. The van der Waals surface area contributed by atoms with E-state index in [-0.39, 0.29) is 23.0 Å². The molecule has 3 aromatic rings. The number of amides is 3. The highest BCUT2D eigenvalue weighted by Crippen LogP contribution is 2.33. The number of halogens is 1. The Hall–Kier alpha value is -4.21. The van der Waals surface area contributed by atoms with Crippen molar-refractivity contribution in [2.75, 3.05) is 30.0 Å². The van der Waals surface area contributed by atoms with Crippen LogP contribution in [0.2, 0.25) is 0 Å². The van der Waals surface area contributed by atoms with Gasteiger partial charge in [0.25, 0.3) is 11.8 Å². The van der Waals surface area contributed by atoms with Crippen LogP contribution in [0.25, 0.3) is 5.69 Å². The van der Waals surface area contributed by atoms with Gasteiger partial charge in [0.1, 0.15) is 17.1 Å². The Morgan fingerprint density at radius 3 is 2.46 bits per heavy atom. The van der Waals surface area contributed by atoms with Crippen molar-refractivity contribution in [3.8, 4) is 11.4 Å². The van der Waals surface area contributed by atoms with Crippen molar-refractivity contribution in [1.82, 2.24) is 9.78 Å². The van der Waals surface area contributed by atoms with Gasteiger partial charge in [-0.05, 0) is 55.7 Å². The number of aromatic nitrogens is 2. The van der Waals surface area contributed by atoms with Crippen molar-refractivity contribution in [3.05, 3.63) is 64.7 Å². The van der Waals surface area contributed by atoms with E-state index in [0.717, 1.165) is 22.4 Å². The number of nitrogens with two attached hydrogens (primary N) is 1. The third-order valence-corrected chi connectivity index (χ3v) is 6.49. The molecule has 1 saturated heterocycles. The molecule has 0 aliphatic carbocycles. The summed E-state index contributed by atoms with van der Waals surface area (Å²) in [5.41, 5.74) is 8.28. The van der Waals surface area contributed by atoms with Crippen molar-refractivity contribution < 1.29 is 23.5 Å². The first-order valence-electron chi connectivity index (χ1n) is 11.3. The molecule has 0 spiro atoms. The van der Waals surface area contributed by atoms with Gasteiger partial charge in [0.15, 0.2) is 11.5 Å². The van der Waals surface area contributed by atoms with Gasteiger partial charge in [0.05, 0.1) is 7.11 Å². The first-order chi connectivity index (χ1) is 16.8. The third kappa shape index (κ3) is 3.71. The molecule has 0 atom stereocenters. The molecule has 0 radical (unpaired) electrons. The monoisotopic (exact) mass is 477 g/mol. The van der Waals surface area contributed by atoms with Crippen molar-refractivity contribution in [1.29, 1.82) is 0 Å². The molecule has 9 nitrogen and oxygen atoms in total. The maximum absolute atomic E-state index is 14.9. The van der Waals surface area contributed by atoms with Gasteiger partial charge in [-0.1, -0.05) is 0 Å². The molecule has 2 aromatic carbocycles. The van der Waals surface area contributed by atoms with Crippen molar-refractivity contribution in [2.45, 2.75) is 26.2 Å². The lowest BCUT2D eigenvalue weighted by molar-refractivity contribution is -0.117. The Kier molecular flexibility index (Phi) is 5.50. The molecule has 5 rings (SSSR count). The van der Waals surface area contributed by atoms with Crippen LogP contribution in [0, 0.1) is 12.7 Å². The van der Waals surface area contributed by atoms with Crippen LogP contribution in [0.5, 0.6) is 5.75 Å². The molecular formula is C25H24FN5O4. The molecule has 35 heavy (non-hydrogen) atoms. The fourth-order valence-electron chi connectivity index (χ4n) is 4.78. The lowest BCUT2D eigenvalue weighted by atomic mass is 10.0. The number of ether oxygens (including phenoxy) is 1. The highest BCUT2D eigenvalue weighted by atomic mass is 19.1. The number of aryl methyl sites for hydroxylation is 1. The summed E-state index contributed by atoms with van der Waals surface area (Å²) in [7, 11) is 1.42. The fraction of sp³-hybridized carbons (Fsp3) is 0.280. The predicted molar refractivity (Wildman–Crippen MR) is 127 cm³/mol. The van der Waals surface area contributed by atoms with Gasteiger partial charge in [-0.3, -0.25) is 14.4 Å². The Balaban J connectivity index is 1.56. The second-order valence-electron chi connectivity index (χ2n) is 8.60. The van der Waals surface area contributed by atoms with E-state index in [0.29, 0.717) is 42.9 Å². The summed E-state index contributed by atoms with van der Waals surface area (Å²) in [6, 6.07) is 9.65. The quantitative estimate of drug-likeness (QED) is 0.608. The molecule has 0 bridgehead atoms. The molecule has 1 aromatic heterocycles. The molecule has 180 valence electrons. The summed E-state index contributed by atoms with van der Waals surface area (Å²) < 4.78 is 21.1. The number of hydrogen-bond acceptors (Lipinski definition) is 5. The van der Waals surface area contributed by atoms with E-state index < -0.39 is 17.6 Å². The molecule has 0 unspecified atom stereocenters. The number of hydrogen-bond donors (Lipinski definition) is 1. The van der Waals surface area contributed by atoms with Gasteiger partial charge in [0.2, 0.25) is 5.91 Å². The van der Waals surface area contributed by atoms with Gasteiger partial charge < -0.3 is 20.3 Å². The number of methoxy groups -OCH3 is 1. The van der Waals surface area contributed by atoms with Crippen LogP contribution < -0.4 is 20.3 Å². The lowest BCUT2D eigenvalue weighted by Crippen LogP contribution is -2.39. The van der Waals surface area contributed by atoms with Gasteiger partial charge >= 0.3 is 0 Å². The molecule has 2 N–H and O–H groups in total. The maximum atomic E-state index is 14.9. The number of benzene rings is 2. The van der Waals surface area contributed by atoms with E-state index in [9.17, 15) is 18.8 Å². The van der Waals surface area contributed by atoms with Crippen LogP contribution in [0.3, 0.4) is 0 Å². The molecule has 1 fully saturated rings. The van der Waals surface area contributed by atoms with E-state index in [1.54, 1.807) is 21.9 Å². The lowest BCUT2D eigenvalue weighted by Gasteiger charge is -2.29. The van der Waals surface area contributed by atoms with Crippen LogP contribution in [0.4, 0.5) is 15.8 Å². The second-order valence-corrected chi connectivity index (χ2v) is 8.60. The van der Waals surface area contributed by atoms with Crippen molar-refractivity contribution in [3.63, 3.8) is 0 Å². The van der Waals surface area contributed by atoms with Crippen molar-refractivity contribution >= 4 is 29.1 Å². The summed E-state index contributed by atoms with van der Waals surface area (Å²) >= 11 is 0. The number of rotatable bonds is 5. The molecular weight excluding hydrogens is 453 g/mol. The number of carbonyl (C=O) groups is 3. The largest absolute Gasteiger partial charge is 0.497 e. The number of carbonyl (C=O) groups excluding carboxylic acids is 3. The number of fused-ring (bicyclic) bond motifs is 1. The van der Waals surface area contributed by atoms with Crippen LogP contribution >= 0.6 is 0 Å². The Morgan fingerprint density at radius 2 is 1.83 bits per heavy atom. The van der Waals surface area contributed by atoms with E-state index in [2.05, 4.69) is 5.10 Å². The average molecular weight is 477 g/mol. The van der Waals surface area contributed by atoms with E-state index >= 15 is 0 Å². The summed E-state index contributed by atoms with van der Waals surface area (Å²) in [5, 5.41) is 4.22. The van der Waals surface area contributed by atoms with E-state index in [1.165, 1.54) is 19.2 Å². The van der Waals surface area contributed by atoms with Crippen molar-refractivity contribution in [2.24, 2.45) is 5.73 Å². The molecule has 2 aliphatic rings. The second kappa shape index (κ2) is 8.53. The van der Waals surface area contributed by atoms with Crippen LogP contribution in [0.1, 0.15) is 44.9 Å². The highest BCUT2D eigenvalue weighted by molar-refractivity contribution is 6.09. The summed E-state index contributed by atoms with van der Waals surface area (Å²) in [6.45, 7) is 2.87. The fourth-order valence-corrected chi connectivity index (χ4v) is 4.78. The van der Waals surface area contributed by atoms with E-state index in [4.69, 9.17) is 10.5 Å².